The van der Waals surface area contributed by atoms with Gasteiger partial charge in [0, 0.05) is 18.6 Å². The Bertz CT molecular complexity index is 386. The van der Waals surface area contributed by atoms with Gasteiger partial charge in [-0.05, 0) is 50.0 Å². The lowest BCUT2D eigenvalue weighted by Gasteiger charge is -2.27. The van der Waals surface area contributed by atoms with Gasteiger partial charge in [0.25, 0.3) is 0 Å². The minimum atomic E-state index is 0.418. The lowest BCUT2D eigenvalue weighted by Crippen LogP contribution is -2.36. The average Bonchev–Trinajstić information content (AvgIpc) is 3.32. The van der Waals surface area contributed by atoms with Crippen molar-refractivity contribution in [1.82, 2.24) is 10.2 Å². The maximum atomic E-state index is 5.25. The molecule has 0 spiro atoms. The summed E-state index contributed by atoms with van der Waals surface area (Å²) in [5.74, 6) is 0.928. The van der Waals surface area contributed by atoms with Crippen molar-refractivity contribution in [3.63, 3.8) is 0 Å². The molecule has 3 heteroatoms. The Kier molecular flexibility index (Phi) is 5.86. The molecule has 1 saturated carbocycles. The van der Waals surface area contributed by atoms with E-state index in [1.807, 2.05) is 0 Å². The van der Waals surface area contributed by atoms with Gasteiger partial charge in [0.1, 0.15) is 5.75 Å². The van der Waals surface area contributed by atoms with Crippen molar-refractivity contribution in [1.29, 1.82) is 0 Å². The zero-order valence-electron chi connectivity index (χ0n) is 13.1. The zero-order chi connectivity index (χ0) is 14.4. The maximum Gasteiger partial charge on any atom is 0.118 e. The molecule has 1 fully saturated rings. The molecule has 2 rings (SSSR count). The lowest BCUT2D eigenvalue weighted by molar-refractivity contribution is 0.244. The molecule has 1 aliphatic rings. The van der Waals surface area contributed by atoms with Gasteiger partial charge in [0.05, 0.1) is 7.11 Å². The summed E-state index contributed by atoms with van der Waals surface area (Å²) in [5.41, 5.74) is 1.36. The Balaban J connectivity index is 2.04. The molecule has 0 amide bonds. The fourth-order valence-corrected chi connectivity index (χ4v) is 2.65. The Morgan fingerprint density at radius 2 is 1.95 bits per heavy atom. The predicted molar refractivity (Wildman–Crippen MR) is 84.3 cm³/mol. The number of hydrogen-bond acceptors (Lipinski definition) is 3. The number of benzene rings is 1. The number of likely N-dealkylation sites (N-methyl/N-ethyl adjacent to an activating group) is 1. The van der Waals surface area contributed by atoms with Crippen LogP contribution in [0.3, 0.4) is 0 Å². The first kappa shape index (κ1) is 15.3. The average molecular weight is 276 g/mol. The van der Waals surface area contributed by atoms with Crippen LogP contribution in [0.1, 0.15) is 44.7 Å². The van der Waals surface area contributed by atoms with Crippen LogP contribution in [0.4, 0.5) is 0 Å². The van der Waals surface area contributed by atoms with E-state index in [1.54, 1.807) is 7.11 Å². The molecule has 0 radical (unpaired) electrons. The van der Waals surface area contributed by atoms with Gasteiger partial charge in [-0.3, -0.25) is 4.90 Å². The largest absolute Gasteiger partial charge is 0.497 e. The van der Waals surface area contributed by atoms with Gasteiger partial charge in [-0.2, -0.15) is 0 Å². The first-order valence-electron chi connectivity index (χ1n) is 7.89. The van der Waals surface area contributed by atoms with E-state index in [-0.39, 0.29) is 0 Å². The molecule has 1 atom stereocenters. The number of methoxy groups -OCH3 is 1. The summed E-state index contributed by atoms with van der Waals surface area (Å²) in [6, 6.07) is 9.73. The highest BCUT2D eigenvalue weighted by Crippen LogP contribution is 2.29. The second kappa shape index (κ2) is 7.65. The van der Waals surface area contributed by atoms with Gasteiger partial charge in [-0.25, -0.2) is 0 Å². The fraction of sp³-hybridized carbons (Fsp3) is 0.647. The quantitative estimate of drug-likeness (QED) is 0.749. The summed E-state index contributed by atoms with van der Waals surface area (Å²) in [7, 11) is 1.72. The van der Waals surface area contributed by atoms with E-state index in [0.29, 0.717) is 6.04 Å². The molecule has 20 heavy (non-hydrogen) atoms. The van der Waals surface area contributed by atoms with Crippen LogP contribution >= 0.6 is 0 Å². The van der Waals surface area contributed by atoms with Crippen LogP contribution < -0.4 is 10.1 Å². The summed E-state index contributed by atoms with van der Waals surface area (Å²) >= 11 is 0. The first-order valence-corrected chi connectivity index (χ1v) is 7.89. The minimum absolute atomic E-state index is 0.418. The Labute approximate surface area is 123 Å². The summed E-state index contributed by atoms with van der Waals surface area (Å²) < 4.78 is 5.25. The van der Waals surface area contributed by atoms with E-state index in [9.17, 15) is 0 Å². The molecular formula is C17H28N2O. The van der Waals surface area contributed by atoms with Gasteiger partial charge in [-0.15, -0.1) is 0 Å². The standard InChI is InChI=1S/C17H28N2O/c1-4-12-18-17(13-19(5-2)15-8-9-15)14-6-10-16(20-3)11-7-14/h6-7,10-11,15,17-18H,4-5,8-9,12-13H2,1-3H3. The molecule has 0 aromatic heterocycles. The molecule has 0 bridgehead atoms. The molecule has 1 aromatic rings. The lowest BCUT2D eigenvalue weighted by atomic mass is 10.1. The molecule has 1 aliphatic carbocycles. The van der Waals surface area contributed by atoms with E-state index in [4.69, 9.17) is 4.74 Å². The minimum Gasteiger partial charge on any atom is -0.497 e. The zero-order valence-corrected chi connectivity index (χ0v) is 13.1. The molecule has 0 heterocycles. The topological polar surface area (TPSA) is 24.5 Å². The second-order valence-corrected chi connectivity index (χ2v) is 5.60. The van der Waals surface area contributed by atoms with Crippen molar-refractivity contribution in [3.8, 4) is 5.75 Å². The van der Waals surface area contributed by atoms with Crippen LogP contribution in [0, 0.1) is 0 Å². The summed E-state index contributed by atoms with van der Waals surface area (Å²) in [4.78, 5) is 2.61. The highest BCUT2D eigenvalue weighted by molar-refractivity contribution is 5.29. The van der Waals surface area contributed by atoms with Crippen molar-refractivity contribution in [2.75, 3.05) is 26.7 Å². The summed E-state index contributed by atoms with van der Waals surface area (Å²) in [6.45, 7) is 7.80. The number of rotatable bonds is 9. The maximum absolute atomic E-state index is 5.25. The van der Waals surface area contributed by atoms with Crippen LogP contribution in [0.25, 0.3) is 0 Å². The SMILES string of the molecule is CCCNC(CN(CC)C1CC1)c1ccc(OC)cc1. The molecule has 1 aromatic carbocycles. The third-order valence-electron chi connectivity index (χ3n) is 4.05. The smallest absolute Gasteiger partial charge is 0.118 e. The molecule has 112 valence electrons. The van der Waals surface area contributed by atoms with E-state index < -0.39 is 0 Å². The Morgan fingerprint density at radius 1 is 1.25 bits per heavy atom. The van der Waals surface area contributed by atoms with Crippen molar-refractivity contribution >= 4 is 0 Å². The Hall–Kier alpha value is -1.06. The highest BCUT2D eigenvalue weighted by Gasteiger charge is 2.29. The third kappa shape index (κ3) is 4.22. The fourth-order valence-electron chi connectivity index (χ4n) is 2.65. The van der Waals surface area contributed by atoms with E-state index in [1.165, 1.54) is 24.8 Å². The van der Waals surface area contributed by atoms with Crippen molar-refractivity contribution in [3.05, 3.63) is 29.8 Å². The van der Waals surface area contributed by atoms with Crippen molar-refractivity contribution < 1.29 is 4.74 Å². The number of hydrogen-bond donors (Lipinski definition) is 1. The molecule has 1 N–H and O–H groups in total. The van der Waals surface area contributed by atoms with Crippen LogP contribution in [0.15, 0.2) is 24.3 Å². The van der Waals surface area contributed by atoms with E-state index in [0.717, 1.165) is 31.4 Å². The summed E-state index contributed by atoms with van der Waals surface area (Å²) in [5, 5.41) is 3.69. The second-order valence-electron chi connectivity index (χ2n) is 5.60. The van der Waals surface area contributed by atoms with Gasteiger partial charge in [0.2, 0.25) is 0 Å². The number of nitrogens with one attached hydrogen (secondary N) is 1. The predicted octanol–water partition coefficient (Wildman–Crippen LogP) is 3.22. The molecule has 3 nitrogen and oxygen atoms in total. The van der Waals surface area contributed by atoms with Crippen LogP contribution in [0.2, 0.25) is 0 Å². The van der Waals surface area contributed by atoms with Crippen molar-refractivity contribution in [2.45, 2.75) is 45.2 Å². The molecule has 1 unspecified atom stereocenters. The monoisotopic (exact) mass is 276 g/mol. The van der Waals surface area contributed by atoms with E-state index >= 15 is 0 Å². The van der Waals surface area contributed by atoms with Crippen LogP contribution in [0.5, 0.6) is 5.75 Å². The van der Waals surface area contributed by atoms with Gasteiger partial charge >= 0.3 is 0 Å². The van der Waals surface area contributed by atoms with Gasteiger partial charge < -0.3 is 10.1 Å². The van der Waals surface area contributed by atoms with Gasteiger partial charge in [-0.1, -0.05) is 26.0 Å². The number of ether oxygens (including phenoxy) is 1. The van der Waals surface area contributed by atoms with Crippen LogP contribution in [-0.2, 0) is 0 Å². The normalized spacial score (nSPS) is 16.4. The van der Waals surface area contributed by atoms with Crippen molar-refractivity contribution in [2.24, 2.45) is 0 Å². The first-order chi connectivity index (χ1) is 9.78. The van der Waals surface area contributed by atoms with Crippen LogP contribution in [-0.4, -0.2) is 37.7 Å². The third-order valence-corrected chi connectivity index (χ3v) is 4.05. The molecule has 0 aliphatic heterocycles. The molecule has 0 saturated heterocycles. The highest BCUT2D eigenvalue weighted by atomic mass is 16.5. The molecular weight excluding hydrogens is 248 g/mol. The Morgan fingerprint density at radius 3 is 2.45 bits per heavy atom. The van der Waals surface area contributed by atoms with Gasteiger partial charge in [0.15, 0.2) is 0 Å². The van der Waals surface area contributed by atoms with E-state index in [2.05, 4.69) is 48.3 Å². The summed E-state index contributed by atoms with van der Waals surface area (Å²) in [6.07, 6.45) is 3.91. The number of nitrogens with zero attached hydrogens (tertiary/aromatic N) is 1.